The second-order valence-electron chi connectivity index (χ2n) is 7.02. The average molecular weight is 396 g/mol. The molecule has 1 aromatic carbocycles. The van der Waals surface area contributed by atoms with Crippen LogP contribution < -0.4 is 20.7 Å². The van der Waals surface area contributed by atoms with Gasteiger partial charge in [0, 0.05) is 44.5 Å². The molecule has 7 nitrogen and oxygen atoms in total. The normalized spacial score (nSPS) is 13.6. The number of nitrogens with zero attached hydrogens (tertiary/aromatic N) is 2. The molecule has 1 fully saturated rings. The molecule has 0 unspecified atom stereocenters. The van der Waals surface area contributed by atoms with Crippen molar-refractivity contribution in [2.24, 2.45) is 4.99 Å². The van der Waals surface area contributed by atoms with Crippen molar-refractivity contribution in [3.05, 3.63) is 59.9 Å². The van der Waals surface area contributed by atoms with Crippen molar-refractivity contribution in [2.75, 3.05) is 26.7 Å². The molecule has 0 bridgehead atoms. The molecule has 0 spiro atoms. The maximum absolute atomic E-state index is 11.7. The van der Waals surface area contributed by atoms with Crippen LogP contribution in [0.4, 0.5) is 0 Å². The van der Waals surface area contributed by atoms with Gasteiger partial charge in [-0.3, -0.25) is 14.8 Å². The quantitative estimate of drug-likeness (QED) is 0.421. The lowest BCUT2D eigenvalue weighted by atomic mass is 10.1. The Morgan fingerprint density at radius 1 is 1.10 bits per heavy atom. The molecule has 1 aliphatic rings. The largest absolute Gasteiger partial charge is 0.484 e. The molecule has 1 aromatic heterocycles. The topological polar surface area (TPSA) is 87.6 Å². The number of aromatic nitrogens is 1. The van der Waals surface area contributed by atoms with Gasteiger partial charge in [-0.05, 0) is 49.1 Å². The number of carbonyl (C=O) groups is 1. The lowest BCUT2D eigenvalue weighted by Crippen LogP contribution is -2.39. The van der Waals surface area contributed by atoms with Crippen molar-refractivity contribution < 1.29 is 9.53 Å². The van der Waals surface area contributed by atoms with Crippen LogP contribution >= 0.6 is 0 Å². The van der Waals surface area contributed by atoms with Crippen LogP contribution in [0.2, 0.25) is 0 Å². The summed E-state index contributed by atoms with van der Waals surface area (Å²) in [5.41, 5.74) is 2.25. The molecule has 1 aliphatic carbocycles. The van der Waals surface area contributed by atoms with E-state index in [4.69, 9.17) is 4.74 Å². The van der Waals surface area contributed by atoms with Gasteiger partial charge in [-0.2, -0.15) is 0 Å². The molecule has 3 rings (SSSR count). The third kappa shape index (κ3) is 7.81. The molecule has 0 radical (unpaired) electrons. The lowest BCUT2D eigenvalue weighted by Gasteiger charge is -2.12. The van der Waals surface area contributed by atoms with Gasteiger partial charge in [0.05, 0.1) is 0 Å². The summed E-state index contributed by atoms with van der Waals surface area (Å²) in [4.78, 5) is 20.2. The molecule has 0 aliphatic heterocycles. The Kier molecular flexibility index (Phi) is 7.86. The van der Waals surface area contributed by atoms with Crippen LogP contribution in [0.3, 0.4) is 0 Å². The maximum atomic E-state index is 11.7. The molecule has 0 atom stereocenters. The highest BCUT2D eigenvalue weighted by Gasteiger charge is 2.23. The molecule has 1 amide bonds. The summed E-state index contributed by atoms with van der Waals surface area (Å²) in [5, 5.41) is 9.53. The summed E-state index contributed by atoms with van der Waals surface area (Å²) in [6.07, 6.45) is 5.68. The number of pyridine rings is 1. The molecular weight excluding hydrogens is 366 g/mol. The molecule has 2 aromatic rings. The summed E-state index contributed by atoms with van der Waals surface area (Å²) in [5.74, 6) is 1.44. The van der Waals surface area contributed by atoms with Gasteiger partial charge in [0.1, 0.15) is 5.75 Å². The van der Waals surface area contributed by atoms with Gasteiger partial charge in [0.25, 0.3) is 5.91 Å². The Balaban J connectivity index is 1.31. The van der Waals surface area contributed by atoms with Gasteiger partial charge in [-0.15, -0.1) is 0 Å². The minimum absolute atomic E-state index is 0.0531. The number of carbonyl (C=O) groups excluding carboxylic acids is 1. The third-order valence-electron chi connectivity index (χ3n) is 4.57. The van der Waals surface area contributed by atoms with E-state index in [1.807, 2.05) is 48.7 Å². The van der Waals surface area contributed by atoms with Gasteiger partial charge in [-0.25, -0.2) is 0 Å². The molecule has 1 heterocycles. The van der Waals surface area contributed by atoms with Crippen LogP contribution in [0.15, 0.2) is 53.7 Å². The number of hydrogen-bond acceptors (Lipinski definition) is 4. The zero-order valence-corrected chi connectivity index (χ0v) is 16.9. The Labute approximate surface area is 172 Å². The predicted molar refractivity (Wildman–Crippen MR) is 114 cm³/mol. The first kappa shape index (κ1) is 20.6. The zero-order valence-electron chi connectivity index (χ0n) is 16.9. The van der Waals surface area contributed by atoms with Crippen LogP contribution in [0, 0.1) is 0 Å². The predicted octanol–water partition coefficient (Wildman–Crippen LogP) is 1.69. The summed E-state index contributed by atoms with van der Waals surface area (Å²) in [6.45, 7) is 1.61. The van der Waals surface area contributed by atoms with E-state index in [9.17, 15) is 4.79 Å². The van der Waals surface area contributed by atoms with E-state index in [1.54, 1.807) is 7.05 Å². The number of nitrogens with one attached hydrogen (secondary N) is 3. The van der Waals surface area contributed by atoms with E-state index < -0.39 is 0 Å². The lowest BCUT2D eigenvalue weighted by molar-refractivity contribution is -0.123. The van der Waals surface area contributed by atoms with Crippen LogP contribution in [-0.2, 0) is 17.6 Å². The summed E-state index contributed by atoms with van der Waals surface area (Å²) < 4.78 is 5.53. The van der Waals surface area contributed by atoms with E-state index >= 15 is 0 Å². The van der Waals surface area contributed by atoms with E-state index in [2.05, 4.69) is 25.9 Å². The summed E-state index contributed by atoms with van der Waals surface area (Å²) in [7, 11) is 1.77. The Morgan fingerprint density at radius 2 is 1.86 bits per heavy atom. The Morgan fingerprint density at radius 3 is 2.52 bits per heavy atom. The highest BCUT2D eigenvalue weighted by atomic mass is 16.5. The van der Waals surface area contributed by atoms with E-state index in [0.29, 0.717) is 11.8 Å². The molecule has 0 saturated heterocycles. The first-order valence-corrected chi connectivity index (χ1v) is 10.1. The first-order valence-electron chi connectivity index (χ1n) is 10.1. The standard InChI is InChI=1S/C22H29N5O2/c1-23-22(26-15-12-18-4-2-3-13-24-18)25-14-11-17-5-9-20(10-6-17)29-16-21(28)27-19-7-8-19/h2-6,9-10,13,19H,7-8,11-12,14-16H2,1H3,(H,27,28)(H2,23,25,26). The highest BCUT2D eigenvalue weighted by Crippen LogP contribution is 2.18. The number of ether oxygens (including phenoxy) is 1. The monoisotopic (exact) mass is 395 g/mol. The van der Waals surface area contributed by atoms with Crippen LogP contribution in [0.25, 0.3) is 0 Å². The van der Waals surface area contributed by atoms with Crippen molar-refractivity contribution >= 4 is 11.9 Å². The van der Waals surface area contributed by atoms with Crippen molar-refractivity contribution in [2.45, 2.75) is 31.7 Å². The number of guanidine groups is 1. The van der Waals surface area contributed by atoms with Gasteiger partial charge < -0.3 is 20.7 Å². The molecule has 154 valence electrons. The van der Waals surface area contributed by atoms with Gasteiger partial charge >= 0.3 is 0 Å². The summed E-state index contributed by atoms with van der Waals surface area (Å²) >= 11 is 0. The fraction of sp³-hybridized carbons (Fsp3) is 0.409. The smallest absolute Gasteiger partial charge is 0.258 e. The Hall–Kier alpha value is -3.09. The van der Waals surface area contributed by atoms with Crippen LogP contribution in [0.1, 0.15) is 24.1 Å². The van der Waals surface area contributed by atoms with Crippen molar-refractivity contribution in [3.8, 4) is 5.75 Å². The molecule has 29 heavy (non-hydrogen) atoms. The summed E-state index contributed by atoms with van der Waals surface area (Å²) in [6, 6.07) is 14.1. The molecule has 7 heteroatoms. The number of aliphatic imine (C=N–C) groups is 1. The number of amides is 1. The van der Waals surface area contributed by atoms with Crippen molar-refractivity contribution in [1.82, 2.24) is 20.9 Å². The van der Waals surface area contributed by atoms with Gasteiger partial charge in [-0.1, -0.05) is 18.2 Å². The second kappa shape index (κ2) is 11.0. The highest BCUT2D eigenvalue weighted by molar-refractivity contribution is 5.79. The van der Waals surface area contributed by atoms with E-state index in [-0.39, 0.29) is 12.5 Å². The molecule has 1 saturated carbocycles. The van der Waals surface area contributed by atoms with Crippen LogP contribution in [0.5, 0.6) is 5.75 Å². The van der Waals surface area contributed by atoms with E-state index in [0.717, 1.165) is 50.4 Å². The average Bonchev–Trinajstić information content (AvgIpc) is 3.57. The van der Waals surface area contributed by atoms with Gasteiger partial charge in [0.2, 0.25) is 0 Å². The zero-order chi connectivity index (χ0) is 20.3. The number of hydrogen-bond donors (Lipinski definition) is 3. The molecule has 3 N–H and O–H groups in total. The minimum Gasteiger partial charge on any atom is -0.484 e. The fourth-order valence-corrected chi connectivity index (χ4v) is 2.80. The van der Waals surface area contributed by atoms with E-state index in [1.165, 1.54) is 5.56 Å². The van der Waals surface area contributed by atoms with Crippen molar-refractivity contribution in [3.63, 3.8) is 0 Å². The minimum atomic E-state index is -0.0531. The fourth-order valence-electron chi connectivity index (χ4n) is 2.80. The number of rotatable bonds is 10. The van der Waals surface area contributed by atoms with Crippen molar-refractivity contribution in [1.29, 1.82) is 0 Å². The maximum Gasteiger partial charge on any atom is 0.258 e. The van der Waals surface area contributed by atoms with Gasteiger partial charge in [0.15, 0.2) is 12.6 Å². The second-order valence-corrected chi connectivity index (χ2v) is 7.02. The van der Waals surface area contributed by atoms with Crippen LogP contribution in [-0.4, -0.2) is 49.6 Å². The number of benzene rings is 1. The Bertz CT molecular complexity index is 789. The SMILES string of the molecule is CN=C(NCCc1ccc(OCC(=O)NC2CC2)cc1)NCCc1ccccn1. The first-order chi connectivity index (χ1) is 14.2. The third-order valence-corrected chi connectivity index (χ3v) is 4.57. The molecular formula is C22H29N5O2.